The molecule has 2 aromatic rings. The van der Waals surface area contributed by atoms with Crippen LogP contribution in [0, 0.1) is 0 Å². The minimum atomic E-state index is 0.228. The van der Waals surface area contributed by atoms with E-state index in [-0.39, 0.29) is 6.01 Å². The standard InChI is InChI=1S/C14H19N5O2/c1-5-20-10-7-6-8-11(9-10)21-14-17-12(15-2)16-13(18-14)19(3)4/h6-9H,5H2,1-4H3,(H,15,16,17,18). The molecule has 0 aliphatic heterocycles. The van der Waals surface area contributed by atoms with E-state index in [1.165, 1.54) is 0 Å². The van der Waals surface area contributed by atoms with Gasteiger partial charge in [0.25, 0.3) is 0 Å². The van der Waals surface area contributed by atoms with Crippen molar-refractivity contribution in [2.75, 3.05) is 38.0 Å². The lowest BCUT2D eigenvalue weighted by atomic mass is 10.3. The van der Waals surface area contributed by atoms with Crippen molar-refractivity contribution in [2.24, 2.45) is 0 Å². The van der Waals surface area contributed by atoms with Crippen molar-refractivity contribution < 1.29 is 9.47 Å². The average Bonchev–Trinajstić information content (AvgIpc) is 2.47. The van der Waals surface area contributed by atoms with Crippen molar-refractivity contribution in [3.05, 3.63) is 24.3 Å². The Bertz CT molecular complexity index is 604. The van der Waals surface area contributed by atoms with E-state index >= 15 is 0 Å². The smallest absolute Gasteiger partial charge is 0.328 e. The van der Waals surface area contributed by atoms with E-state index in [0.29, 0.717) is 24.3 Å². The molecule has 0 radical (unpaired) electrons. The summed E-state index contributed by atoms with van der Waals surface area (Å²) in [5.41, 5.74) is 0. The first-order valence-corrected chi connectivity index (χ1v) is 6.64. The summed E-state index contributed by atoms with van der Waals surface area (Å²) in [6.07, 6.45) is 0. The summed E-state index contributed by atoms with van der Waals surface area (Å²) < 4.78 is 11.1. The number of nitrogens with one attached hydrogen (secondary N) is 1. The Labute approximate surface area is 124 Å². The molecule has 0 atom stereocenters. The summed E-state index contributed by atoms with van der Waals surface area (Å²) in [5.74, 6) is 2.32. The summed E-state index contributed by atoms with van der Waals surface area (Å²) in [7, 11) is 5.46. The molecule has 112 valence electrons. The highest BCUT2D eigenvalue weighted by Gasteiger charge is 2.09. The van der Waals surface area contributed by atoms with Gasteiger partial charge in [-0.15, -0.1) is 0 Å². The highest BCUT2D eigenvalue weighted by molar-refractivity contribution is 5.39. The summed E-state index contributed by atoms with van der Waals surface area (Å²) in [6, 6.07) is 7.57. The van der Waals surface area contributed by atoms with Gasteiger partial charge in [0.15, 0.2) is 0 Å². The molecule has 0 fully saturated rings. The van der Waals surface area contributed by atoms with E-state index in [0.717, 1.165) is 5.75 Å². The van der Waals surface area contributed by atoms with Crippen molar-refractivity contribution in [3.8, 4) is 17.5 Å². The van der Waals surface area contributed by atoms with E-state index < -0.39 is 0 Å². The number of aromatic nitrogens is 3. The molecular weight excluding hydrogens is 270 g/mol. The van der Waals surface area contributed by atoms with Crippen molar-refractivity contribution in [2.45, 2.75) is 6.92 Å². The second kappa shape index (κ2) is 6.74. The Morgan fingerprint density at radius 2 is 1.90 bits per heavy atom. The fourth-order valence-corrected chi connectivity index (χ4v) is 1.60. The molecule has 0 spiro atoms. The van der Waals surface area contributed by atoms with Crippen molar-refractivity contribution >= 4 is 11.9 Å². The fourth-order valence-electron chi connectivity index (χ4n) is 1.60. The van der Waals surface area contributed by atoms with Crippen molar-refractivity contribution in [1.82, 2.24) is 15.0 Å². The summed E-state index contributed by atoms with van der Waals surface area (Å²) in [4.78, 5) is 14.4. The van der Waals surface area contributed by atoms with Gasteiger partial charge in [0, 0.05) is 27.2 Å². The number of ether oxygens (including phenoxy) is 2. The Kier molecular flexibility index (Phi) is 4.76. The molecule has 1 N–H and O–H groups in total. The van der Waals surface area contributed by atoms with Crippen LogP contribution in [0.4, 0.5) is 11.9 Å². The SMILES string of the molecule is CCOc1cccc(Oc2nc(NC)nc(N(C)C)n2)c1. The number of nitrogens with zero attached hydrogens (tertiary/aromatic N) is 4. The molecule has 0 amide bonds. The molecule has 7 heteroatoms. The van der Waals surface area contributed by atoms with Crippen LogP contribution in [0.5, 0.6) is 17.5 Å². The quantitative estimate of drug-likeness (QED) is 0.873. The molecule has 0 saturated carbocycles. The number of hydrogen-bond donors (Lipinski definition) is 1. The zero-order valence-corrected chi connectivity index (χ0v) is 12.6. The zero-order chi connectivity index (χ0) is 15.2. The predicted octanol–water partition coefficient (Wildman–Crippen LogP) is 2.17. The molecule has 0 saturated heterocycles. The normalized spacial score (nSPS) is 10.1. The Morgan fingerprint density at radius 3 is 2.57 bits per heavy atom. The summed E-state index contributed by atoms with van der Waals surface area (Å²) in [6.45, 7) is 2.53. The maximum atomic E-state index is 5.69. The van der Waals surface area contributed by atoms with Gasteiger partial charge in [-0.1, -0.05) is 6.07 Å². The Balaban J connectivity index is 2.26. The lowest BCUT2D eigenvalue weighted by Gasteiger charge is -2.13. The van der Waals surface area contributed by atoms with Crippen LogP contribution in [0.2, 0.25) is 0 Å². The van der Waals surface area contributed by atoms with Crippen LogP contribution in [0.1, 0.15) is 6.92 Å². The minimum Gasteiger partial charge on any atom is -0.494 e. The third-order valence-electron chi connectivity index (χ3n) is 2.55. The average molecular weight is 289 g/mol. The molecular formula is C14H19N5O2. The van der Waals surface area contributed by atoms with Crippen LogP contribution in [0.15, 0.2) is 24.3 Å². The van der Waals surface area contributed by atoms with Crippen LogP contribution in [0.25, 0.3) is 0 Å². The number of benzene rings is 1. The maximum Gasteiger partial charge on any atom is 0.328 e. The molecule has 21 heavy (non-hydrogen) atoms. The molecule has 0 aliphatic rings. The lowest BCUT2D eigenvalue weighted by molar-refractivity contribution is 0.337. The van der Waals surface area contributed by atoms with Gasteiger partial charge in [-0.3, -0.25) is 0 Å². The molecule has 1 aromatic heterocycles. The predicted molar refractivity (Wildman–Crippen MR) is 81.4 cm³/mol. The van der Waals surface area contributed by atoms with Gasteiger partial charge in [0.05, 0.1) is 6.61 Å². The van der Waals surface area contributed by atoms with Gasteiger partial charge in [-0.2, -0.15) is 15.0 Å². The van der Waals surface area contributed by atoms with Crippen molar-refractivity contribution in [3.63, 3.8) is 0 Å². The van der Waals surface area contributed by atoms with Gasteiger partial charge in [0.1, 0.15) is 11.5 Å². The van der Waals surface area contributed by atoms with Gasteiger partial charge in [0.2, 0.25) is 11.9 Å². The second-order valence-electron chi connectivity index (χ2n) is 4.40. The molecule has 0 bridgehead atoms. The van der Waals surface area contributed by atoms with E-state index in [1.807, 2.05) is 39.2 Å². The number of rotatable bonds is 6. The zero-order valence-electron chi connectivity index (χ0n) is 12.6. The molecule has 0 aliphatic carbocycles. The van der Waals surface area contributed by atoms with Crippen LogP contribution >= 0.6 is 0 Å². The summed E-state index contributed by atoms with van der Waals surface area (Å²) in [5, 5.41) is 2.89. The first kappa shape index (κ1) is 14.8. The van der Waals surface area contributed by atoms with Gasteiger partial charge < -0.3 is 19.7 Å². The van der Waals surface area contributed by atoms with Crippen molar-refractivity contribution in [1.29, 1.82) is 0 Å². The van der Waals surface area contributed by atoms with Gasteiger partial charge in [-0.25, -0.2) is 0 Å². The van der Waals surface area contributed by atoms with Crippen LogP contribution in [-0.4, -0.2) is 42.7 Å². The van der Waals surface area contributed by atoms with Gasteiger partial charge in [-0.05, 0) is 19.1 Å². The van der Waals surface area contributed by atoms with E-state index in [2.05, 4.69) is 20.3 Å². The third-order valence-corrected chi connectivity index (χ3v) is 2.55. The van der Waals surface area contributed by atoms with Gasteiger partial charge >= 0.3 is 6.01 Å². The minimum absolute atomic E-state index is 0.228. The van der Waals surface area contributed by atoms with E-state index in [9.17, 15) is 0 Å². The Hall–Kier alpha value is -2.57. The first-order chi connectivity index (χ1) is 10.1. The van der Waals surface area contributed by atoms with Crippen LogP contribution in [0.3, 0.4) is 0 Å². The lowest BCUT2D eigenvalue weighted by Crippen LogP contribution is -2.15. The number of anilines is 2. The summed E-state index contributed by atoms with van der Waals surface area (Å²) >= 11 is 0. The molecule has 1 aromatic carbocycles. The van der Waals surface area contributed by atoms with Crippen LogP contribution < -0.4 is 19.7 Å². The highest BCUT2D eigenvalue weighted by atomic mass is 16.5. The highest BCUT2D eigenvalue weighted by Crippen LogP contribution is 2.24. The second-order valence-corrected chi connectivity index (χ2v) is 4.40. The monoisotopic (exact) mass is 289 g/mol. The van der Waals surface area contributed by atoms with E-state index in [4.69, 9.17) is 9.47 Å². The molecule has 0 unspecified atom stereocenters. The largest absolute Gasteiger partial charge is 0.494 e. The van der Waals surface area contributed by atoms with Crippen LogP contribution in [-0.2, 0) is 0 Å². The van der Waals surface area contributed by atoms with E-state index in [1.54, 1.807) is 18.0 Å². The fraction of sp³-hybridized carbons (Fsp3) is 0.357. The number of hydrogen-bond acceptors (Lipinski definition) is 7. The molecule has 2 rings (SSSR count). The Morgan fingerprint density at radius 1 is 1.14 bits per heavy atom. The topological polar surface area (TPSA) is 72.4 Å². The first-order valence-electron chi connectivity index (χ1n) is 6.64. The third kappa shape index (κ3) is 3.95. The molecule has 7 nitrogen and oxygen atoms in total. The maximum absolute atomic E-state index is 5.69. The molecule has 1 heterocycles.